The largest absolute Gasteiger partial charge is 0.338 e. The Hall–Kier alpha value is -1.88. The standard InChI is InChI=1S/C18H19BrN2O2/c19-16-7-4-8-18(23)21(16)13-15-9-10-17(22)20(12-15)11-14-5-2-1-3-6-14/h1-8,15H,9-13H2. The molecule has 0 N–H and O–H groups in total. The molecule has 1 saturated heterocycles. The number of carbonyl (C=O) groups excluding carboxylic acids is 1. The molecular formula is C18H19BrN2O2. The van der Waals surface area contributed by atoms with E-state index in [1.54, 1.807) is 16.7 Å². The van der Waals surface area contributed by atoms with Crippen molar-refractivity contribution in [3.8, 4) is 0 Å². The van der Waals surface area contributed by atoms with Gasteiger partial charge in [-0.15, -0.1) is 0 Å². The Morgan fingerprint density at radius 3 is 2.57 bits per heavy atom. The van der Waals surface area contributed by atoms with Gasteiger partial charge in [0.1, 0.15) is 0 Å². The maximum atomic E-state index is 12.2. The van der Waals surface area contributed by atoms with Crippen LogP contribution < -0.4 is 5.56 Å². The number of hydrogen-bond acceptors (Lipinski definition) is 2. The van der Waals surface area contributed by atoms with Crippen molar-refractivity contribution in [2.45, 2.75) is 25.9 Å². The molecule has 1 aliphatic heterocycles. The number of carbonyl (C=O) groups is 1. The summed E-state index contributed by atoms with van der Waals surface area (Å²) in [6.07, 6.45) is 1.38. The molecule has 0 radical (unpaired) electrons. The van der Waals surface area contributed by atoms with E-state index in [1.807, 2.05) is 41.3 Å². The molecule has 4 nitrogen and oxygen atoms in total. The van der Waals surface area contributed by atoms with Crippen LogP contribution in [-0.2, 0) is 17.9 Å². The zero-order valence-corrected chi connectivity index (χ0v) is 14.4. The molecule has 3 rings (SSSR count). The Bertz CT molecular complexity index is 742. The van der Waals surface area contributed by atoms with E-state index >= 15 is 0 Å². The molecule has 120 valence electrons. The van der Waals surface area contributed by atoms with E-state index in [0.29, 0.717) is 32.0 Å². The summed E-state index contributed by atoms with van der Waals surface area (Å²) in [5.74, 6) is 0.498. The number of piperidine rings is 1. The van der Waals surface area contributed by atoms with Gasteiger partial charge in [-0.05, 0) is 39.9 Å². The Morgan fingerprint density at radius 2 is 1.83 bits per heavy atom. The van der Waals surface area contributed by atoms with Gasteiger partial charge in [-0.25, -0.2) is 0 Å². The highest BCUT2D eigenvalue weighted by Crippen LogP contribution is 2.22. The lowest BCUT2D eigenvalue weighted by Gasteiger charge is -2.33. The third kappa shape index (κ3) is 3.91. The van der Waals surface area contributed by atoms with Crippen LogP contribution in [0.15, 0.2) is 57.9 Å². The summed E-state index contributed by atoms with van der Waals surface area (Å²) < 4.78 is 2.53. The van der Waals surface area contributed by atoms with E-state index in [1.165, 1.54) is 0 Å². The van der Waals surface area contributed by atoms with Gasteiger partial charge in [-0.2, -0.15) is 0 Å². The SMILES string of the molecule is O=C1CCC(Cn2c(Br)cccc2=O)CN1Cc1ccccc1. The summed E-state index contributed by atoms with van der Waals surface area (Å²) in [5, 5.41) is 0. The van der Waals surface area contributed by atoms with Crippen molar-refractivity contribution in [2.75, 3.05) is 6.54 Å². The predicted molar refractivity (Wildman–Crippen MR) is 93.0 cm³/mol. The number of benzene rings is 1. The van der Waals surface area contributed by atoms with Crippen molar-refractivity contribution in [1.82, 2.24) is 9.47 Å². The fourth-order valence-electron chi connectivity index (χ4n) is 3.03. The molecule has 2 aromatic rings. The number of rotatable bonds is 4. The summed E-state index contributed by atoms with van der Waals surface area (Å²) in [7, 11) is 0. The first-order valence-electron chi connectivity index (χ1n) is 7.80. The molecule has 23 heavy (non-hydrogen) atoms. The minimum atomic E-state index is -0.00844. The maximum Gasteiger partial charge on any atom is 0.251 e. The third-order valence-electron chi connectivity index (χ3n) is 4.25. The van der Waals surface area contributed by atoms with E-state index in [0.717, 1.165) is 16.6 Å². The summed E-state index contributed by atoms with van der Waals surface area (Å²) in [4.78, 5) is 26.1. The smallest absolute Gasteiger partial charge is 0.251 e. The van der Waals surface area contributed by atoms with Gasteiger partial charge in [0.05, 0.1) is 4.60 Å². The van der Waals surface area contributed by atoms with Gasteiger partial charge >= 0.3 is 0 Å². The molecule has 1 unspecified atom stereocenters. The quantitative estimate of drug-likeness (QED) is 0.771. The van der Waals surface area contributed by atoms with Crippen LogP contribution in [0, 0.1) is 5.92 Å². The molecule has 5 heteroatoms. The van der Waals surface area contributed by atoms with E-state index in [-0.39, 0.29) is 11.5 Å². The Balaban J connectivity index is 1.70. The minimum Gasteiger partial charge on any atom is -0.338 e. The van der Waals surface area contributed by atoms with E-state index in [2.05, 4.69) is 15.9 Å². The minimum absolute atomic E-state index is 0.00844. The summed E-state index contributed by atoms with van der Waals surface area (Å²) in [6, 6.07) is 15.2. The second kappa shape index (κ2) is 7.13. The Morgan fingerprint density at radius 1 is 1.04 bits per heavy atom. The molecule has 1 aromatic carbocycles. The van der Waals surface area contributed by atoms with Crippen molar-refractivity contribution < 1.29 is 4.79 Å². The highest BCUT2D eigenvalue weighted by atomic mass is 79.9. The maximum absolute atomic E-state index is 12.2. The number of aromatic nitrogens is 1. The number of nitrogens with zero attached hydrogens (tertiary/aromatic N) is 2. The molecule has 0 aliphatic carbocycles. The number of pyridine rings is 1. The number of amides is 1. The van der Waals surface area contributed by atoms with Gasteiger partial charge in [0.2, 0.25) is 5.91 Å². The van der Waals surface area contributed by atoms with E-state index in [4.69, 9.17) is 0 Å². The molecule has 1 fully saturated rings. The lowest BCUT2D eigenvalue weighted by atomic mass is 9.96. The van der Waals surface area contributed by atoms with Gasteiger partial charge in [0, 0.05) is 32.1 Å². The van der Waals surface area contributed by atoms with Gasteiger partial charge in [0.25, 0.3) is 5.56 Å². The molecule has 0 bridgehead atoms. The fraction of sp³-hybridized carbons (Fsp3) is 0.333. The average Bonchev–Trinajstić information content (AvgIpc) is 2.55. The first-order valence-corrected chi connectivity index (χ1v) is 8.60. The predicted octanol–water partition coefficient (Wildman–Crippen LogP) is 3.05. The third-order valence-corrected chi connectivity index (χ3v) is 4.94. The second-order valence-corrected chi connectivity index (χ2v) is 6.77. The van der Waals surface area contributed by atoms with Gasteiger partial charge < -0.3 is 9.47 Å². The number of halogens is 1. The molecule has 0 spiro atoms. The molecule has 0 saturated carbocycles. The molecule has 2 heterocycles. The monoisotopic (exact) mass is 374 g/mol. The first kappa shape index (κ1) is 16.0. The average molecular weight is 375 g/mol. The van der Waals surface area contributed by atoms with Gasteiger partial charge in [0.15, 0.2) is 0 Å². The number of likely N-dealkylation sites (tertiary alicyclic amines) is 1. The van der Waals surface area contributed by atoms with Crippen LogP contribution in [-0.4, -0.2) is 21.9 Å². The van der Waals surface area contributed by atoms with Crippen molar-refractivity contribution in [3.63, 3.8) is 0 Å². The lowest BCUT2D eigenvalue weighted by molar-refractivity contribution is -0.135. The summed E-state index contributed by atoms with van der Waals surface area (Å²) in [6.45, 7) is 1.97. The zero-order chi connectivity index (χ0) is 16.2. The normalized spacial score (nSPS) is 18.2. The van der Waals surface area contributed by atoms with Gasteiger partial charge in [-0.3, -0.25) is 9.59 Å². The van der Waals surface area contributed by atoms with Crippen LogP contribution in [0.2, 0.25) is 0 Å². The molecule has 1 aliphatic rings. The van der Waals surface area contributed by atoms with Crippen LogP contribution in [0.5, 0.6) is 0 Å². The summed E-state index contributed by atoms with van der Waals surface area (Å²) >= 11 is 3.44. The highest BCUT2D eigenvalue weighted by molar-refractivity contribution is 9.10. The van der Waals surface area contributed by atoms with Gasteiger partial charge in [-0.1, -0.05) is 36.4 Å². The first-order chi connectivity index (χ1) is 11.1. The molecule has 1 atom stereocenters. The molecular weight excluding hydrogens is 356 g/mol. The van der Waals surface area contributed by atoms with Crippen LogP contribution in [0.3, 0.4) is 0 Å². The highest BCUT2D eigenvalue weighted by Gasteiger charge is 2.26. The molecule has 1 aromatic heterocycles. The second-order valence-electron chi connectivity index (χ2n) is 5.96. The van der Waals surface area contributed by atoms with Crippen LogP contribution in [0.4, 0.5) is 0 Å². The summed E-state index contributed by atoms with van der Waals surface area (Å²) in [5.41, 5.74) is 1.13. The van der Waals surface area contributed by atoms with E-state index in [9.17, 15) is 9.59 Å². The molecule has 1 amide bonds. The van der Waals surface area contributed by atoms with Crippen molar-refractivity contribution >= 4 is 21.8 Å². The zero-order valence-electron chi connectivity index (χ0n) is 12.8. The van der Waals surface area contributed by atoms with Crippen LogP contribution >= 0.6 is 15.9 Å². The Kier molecular flexibility index (Phi) is 4.96. The lowest BCUT2D eigenvalue weighted by Crippen LogP contribution is -2.41. The topological polar surface area (TPSA) is 42.3 Å². The van der Waals surface area contributed by atoms with Crippen LogP contribution in [0.1, 0.15) is 18.4 Å². The van der Waals surface area contributed by atoms with Crippen molar-refractivity contribution in [1.29, 1.82) is 0 Å². The Labute approximate surface area is 143 Å². The fourth-order valence-corrected chi connectivity index (χ4v) is 3.50. The van der Waals surface area contributed by atoms with Crippen molar-refractivity contribution in [2.24, 2.45) is 5.92 Å². The number of hydrogen-bond donors (Lipinski definition) is 0. The van der Waals surface area contributed by atoms with E-state index < -0.39 is 0 Å². The van der Waals surface area contributed by atoms with Crippen molar-refractivity contribution in [3.05, 3.63) is 69.1 Å². The van der Waals surface area contributed by atoms with Crippen LogP contribution in [0.25, 0.3) is 0 Å².